The summed E-state index contributed by atoms with van der Waals surface area (Å²) in [6.45, 7) is 2.22. The van der Waals surface area contributed by atoms with Crippen LogP contribution >= 0.6 is 0 Å². The van der Waals surface area contributed by atoms with E-state index in [0.717, 1.165) is 18.8 Å². The van der Waals surface area contributed by atoms with Crippen LogP contribution in [0.5, 0.6) is 0 Å². The van der Waals surface area contributed by atoms with Crippen molar-refractivity contribution in [1.29, 1.82) is 0 Å². The number of hydrogen-bond acceptors (Lipinski definition) is 2. The summed E-state index contributed by atoms with van der Waals surface area (Å²) < 4.78 is 5.23. The molecule has 1 N–H and O–H groups in total. The molecule has 0 spiro atoms. The van der Waals surface area contributed by atoms with Crippen molar-refractivity contribution in [3.05, 3.63) is 0 Å². The normalized spacial score (nSPS) is 36.8. The highest BCUT2D eigenvalue weighted by molar-refractivity contribution is 4.79. The first-order chi connectivity index (χ1) is 5.77. The van der Waals surface area contributed by atoms with Crippen LogP contribution in [-0.4, -0.2) is 24.4 Å². The molecule has 0 aromatic rings. The summed E-state index contributed by atoms with van der Waals surface area (Å²) in [6, 6.07) is 0. The summed E-state index contributed by atoms with van der Waals surface area (Å²) in [5, 5.41) is 9.53. The van der Waals surface area contributed by atoms with Crippen LogP contribution < -0.4 is 0 Å². The van der Waals surface area contributed by atoms with E-state index in [9.17, 15) is 5.11 Å². The zero-order valence-electron chi connectivity index (χ0n) is 8.12. The van der Waals surface area contributed by atoms with Crippen LogP contribution in [0.4, 0.5) is 0 Å². The van der Waals surface area contributed by atoms with Crippen molar-refractivity contribution < 1.29 is 9.84 Å². The van der Waals surface area contributed by atoms with Crippen LogP contribution in [0.1, 0.15) is 39.0 Å². The molecule has 12 heavy (non-hydrogen) atoms. The predicted molar refractivity (Wildman–Crippen MR) is 49.1 cm³/mol. The van der Waals surface area contributed by atoms with Gasteiger partial charge in [0, 0.05) is 7.11 Å². The summed E-state index contributed by atoms with van der Waals surface area (Å²) in [7, 11) is 1.70. The largest absolute Gasteiger partial charge is 0.390 e. The van der Waals surface area contributed by atoms with E-state index in [4.69, 9.17) is 4.74 Å². The van der Waals surface area contributed by atoms with Gasteiger partial charge in [-0.25, -0.2) is 0 Å². The van der Waals surface area contributed by atoms with Crippen molar-refractivity contribution in [2.24, 2.45) is 5.92 Å². The van der Waals surface area contributed by atoms with Gasteiger partial charge in [0.1, 0.15) is 0 Å². The minimum Gasteiger partial charge on any atom is -0.390 e. The molecule has 0 aromatic heterocycles. The Hall–Kier alpha value is -0.0800. The Labute approximate surface area is 74.9 Å². The minimum atomic E-state index is -0.219. The third-order valence-corrected chi connectivity index (χ3v) is 2.87. The first kappa shape index (κ1) is 10.0. The second kappa shape index (κ2) is 4.83. The molecule has 0 saturated heterocycles. The van der Waals surface area contributed by atoms with E-state index in [0.29, 0.717) is 0 Å². The number of aliphatic hydroxyl groups excluding tert-OH is 1. The van der Waals surface area contributed by atoms with Crippen LogP contribution in [0, 0.1) is 5.92 Å². The third kappa shape index (κ3) is 2.46. The molecule has 0 heterocycles. The molecule has 72 valence electrons. The zero-order valence-corrected chi connectivity index (χ0v) is 8.12. The molecule has 3 atom stereocenters. The Morgan fingerprint density at radius 2 is 2.17 bits per heavy atom. The number of aliphatic hydroxyl groups is 1. The van der Waals surface area contributed by atoms with E-state index in [1.165, 1.54) is 19.3 Å². The molecule has 3 unspecified atom stereocenters. The molecule has 1 aliphatic rings. The lowest BCUT2D eigenvalue weighted by Gasteiger charge is -2.32. The van der Waals surface area contributed by atoms with Crippen LogP contribution in [0.25, 0.3) is 0 Å². The summed E-state index contributed by atoms with van der Waals surface area (Å²) in [6.07, 6.45) is 5.55. The lowest BCUT2D eigenvalue weighted by Crippen LogP contribution is -2.35. The van der Waals surface area contributed by atoms with Crippen LogP contribution in [0.2, 0.25) is 0 Å². The molecule has 0 aliphatic heterocycles. The first-order valence-corrected chi connectivity index (χ1v) is 4.98. The van der Waals surface area contributed by atoms with Crippen LogP contribution in [-0.2, 0) is 4.74 Å². The first-order valence-electron chi connectivity index (χ1n) is 4.98. The van der Waals surface area contributed by atoms with Gasteiger partial charge in [-0.15, -0.1) is 0 Å². The van der Waals surface area contributed by atoms with E-state index in [1.807, 2.05) is 0 Å². The highest BCUT2D eigenvalue weighted by Gasteiger charge is 2.28. The van der Waals surface area contributed by atoms with E-state index in [-0.39, 0.29) is 12.2 Å². The van der Waals surface area contributed by atoms with E-state index < -0.39 is 0 Å². The lowest BCUT2D eigenvalue weighted by atomic mass is 9.83. The molecule has 0 aromatic carbocycles. The molecule has 1 fully saturated rings. The maximum absolute atomic E-state index is 9.53. The van der Waals surface area contributed by atoms with Crippen LogP contribution in [0.15, 0.2) is 0 Å². The SMILES string of the molecule is CCCC1CCC(O)C(OC)C1. The molecule has 1 saturated carbocycles. The smallest absolute Gasteiger partial charge is 0.0832 e. The molecular formula is C10H20O2. The highest BCUT2D eigenvalue weighted by atomic mass is 16.5. The van der Waals surface area contributed by atoms with Gasteiger partial charge in [-0.05, 0) is 25.2 Å². The summed E-state index contributed by atoms with van der Waals surface area (Å²) in [4.78, 5) is 0. The zero-order chi connectivity index (χ0) is 8.97. The van der Waals surface area contributed by atoms with E-state index >= 15 is 0 Å². The number of methoxy groups -OCH3 is 1. The fourth-order valence-electron chi connectivity index (χ4n) is 2.12. The molecule has 0 bridgehead atoms. The van der Waals surface area contributed by atoms with Crippen LogP contribution in [0.3, 0.4) is 0 Å². The van der Waals surface area contributed by atoms with Gasteiger partial charge < -0.3 is 9.84 Å². The van der Waals surface area contributed by atoms with Crippen molar-refractivity contribution >= 4 is 0 Å². The maximum atomic E-state index is 9.53. The van der Waals surface area contributed by atoms with Crippen molar-refractivity contribution in [1.82, 2.24) is 0 Å². The Kier molecular flexibility index (Phi) is 4.02. The fraction of sp³-hybridized carbons (Fsp3) is 1.00. The molecule has 1 aliphatic carbocycles. The Bertz CT molecular complexity index is 125. The predicted octanol–water partition coefficient (Wildman–Crippen LogP) is 1.96. The number of ether oxygens (including phenoxy) is 1. The Balaban J connectivity index is 2.33. The number of hydrogen-bond donors (Lipinski definition) is 1. The van der Waals surface area contributed by atoms with Gasteiger partial charge in [-0.2, -0.15) is 0 Å². The molecule has 2 nitrogen and oxygen atoms in total. The van der Waals surface area contributed by atoms with E-state index in [2.05, 4.69) is 6.92 Å². The van der Waals surface area contributed by atoms with Gasteiger partial charge in [0.2, 0.25) is 0 Å². The third-order valence-electron chi connectivity index (χ3n) is 2.87. The molecular weight excluding hydrogens is 152 g/mol. The maximum Gasteiger partial charge on any atom is 0.0832 e. The minimum absolute atomic E-state index is 0.0929. The van der Waals surface area contributed by atoms with Crippen molar-refractivity contribution in [2.75, 3.05) is 7.11 Å². The topological polar surface area (TPSA) is 29.5 Å². The number of rotatable bonds is 3. The van der Waals surface area contributed by atoms with Gasteiger partial charge in [0.25, 0.3) is 0 Å². The quantitative estimate of drug-likeness (QED) is 0.705. The summed E-state index contributed by atoms with van der Waals surface area (Å²) in [5.41, 5.74) is 0. The van der Waals surface area contributed by atoms with Gasteiger partial charge >= 0.3 is 0 Å². The Morgan fingerprint density at radius 1 is 1.42 bits per heavy atom. The van der Waals surface area contributed by atoms with Gasteiger partial charge in [0.05, 0.1) is 12.2 Å². The van der Waals surface area contributed by atoms with Gasteiger partial charge in [-0.3, -0.25) is 0 Å². The second-order valence-electron chi connectivity index (χ2n) is 3.81. The summed E-state index contributed by atoms with van der Waals surface area (Å²) in [5.74, 6) is 0.781. The fourth-order valence-corrected chi connectivity index (χ4v) is 2.12. The standard InChI is InChI=1S/C10H20O2/c1-3-4-8-5-6-9(11)10(7-8)12-2/h8-11H,3-7H2,1-2H3. The average Bonchev–Trinajstić information content (AvgIpc) is 2.09. The van der Waals surface area contributed by atoms with E-state index in [1.54, 1.807) is 7.11 Å². The monoisotopic (exact) mass is 172 g/mol. The van der Waals surface area contributed by atoms with Gasteiger partial charge in [-0.1, -0.05) is 19.8 Å². The average molecular weight is 172 g/mol. The van der Waals surface area contributed by atoms with Gasteiger partial charge in [0.15, 0.2) is 0 Å². The summed E-state index contributed by atoms with van der Waals surface area (Å²) >= 11 is 0. The van der Waals surface area contributed by atoms with Crippen molar-refractivity contribution in [3.63, 3.8) is 0 Å². The highest BCUT2D eigenvalue weighted by Crippen LogP contribution is 2.29. The molecule has 2 heteroatoms. The van der Waals surface area contributed by atoms with Crippen molar-refractivity contribution in [2.45, 2.75) is 51.2 Å². The molecule has 0 radical (unpaired) electrons. The second-order valence-corrected chi connectivity index (χ2v) is 3.81. The van der Waals surface area contributed by atoms with Crippen molar-refractivity contribution in [3.8, 4) is 0 Å². The molecule has 0 amide bonds. The molecule has 1 rings (SSSR count). The lowest BCUT2D eigenvalue weighted by molar-refractivity contribution is -0.0513. The Morgan fingerprint density at radius 3 is 2.75 bits per heavy atom.